The minimum Gasteiger partial charge on any atom is -0.351 e. The molecule has 1 aliphatic rings. The molecule has 0 aromatic heterocycles. The second-order valence-electron chi connectivity index (χ2n) is 5.20. The van der Waals surface area contributed by atoms with Crippen LogP contribution in [0.5, 0.6) is 0 Å². The molecule has 1 unspecified atom stereocenters. The monoisotopic (exact) mass is 258 g/mol. The number of benzene rings is 1. The number of nitrogens with one attached hydrogen (secondary N) is 1. The Balaban J connectivity index is 1.89. The molecule has 0 radical (unpaired) electrons. The predicted molar refractivity (Wildman–Crippen MR) is 77.8 cm³/mol. The fourth-order valence-electron chi connectivity index (χ4n) is 2.55. The van der Waals surface area contributed by atoms with Gasteiger partial charge in [0.05, 0.1) is 0 Å². The van der Waals surface area contributed by atoms with Gasteiger partial charge in [0.25, 0.3) is 0 Å². The zero-order chi connectivity index (χ0) is 13.7. The third kappa shape index (κ3) is 3.93. The van der Waals surface area contributed by atoms with E-state index in [0.717, 1.165) is 26.1 Å². The molecule has 3 heteroatoms. The molecule has 0 saturated carbocycles. The van der Waals surface area contributed by atoms with Gasteiger partial charge in [-0.25, -0.2) is 0 Å². The molecule has 3 nitrogen and oxygen atoms in total. The second-order valence-corrected chi connectivity index (χ2v) is 5.20. The van der Waals surface area contributed by atoms with Gasteiger partial charge >= 0.3 is 0 Å². The van der Waals surface area contributed by atoms with Gasteiger partial charge in [-0.1, -0.05) is 36.4 Å². The van der Waals surface area contributed by atoms with E-state index < -0.39 is 0 Å². The fourth-order valence-corrected chi connectivity index (χ4v) is 2.55. The number of hydrogen-bond donors (Lipinski definition) is 1. The molecule has 19 heavy (non-hydrogen) atoms. The molecular formula is C16H22N2O. The van der Waals surface area contributed by atoms with Crippen LogP contribution in [0.3, 0.4) is 0 Å². The Morgan fingerprint density at radius 3 is 2.89 bits per heavy atom. The summed E-state index contributed by atoms with van der Waals surface area (Å²) in [5, 5.41) is 2.90. The quantitative estimate of drug-likeness (QED) is 0.822. The minimum absolute atomic E-state index is 0.0813. The standard InChI is InChI=1S/C16H22N2O/c1-3-16(19)17-11-15-5-4-10-18(15)12-14-8-6-13(2)7-9-14/h3,6-9,15H,1,4-5,10-12H2,2H3,(H,17,19). The first-order valence-electron chi connectivity index (χ1n) is 6.89. The molecule has 1 aliphatic heterocycles. The molecule has 1 heterocycles. The van der Waals surface area contributed by atoms with E-state index in [-0.39, 0.29) is 5.91 Å². The molecule has 0 aliphatic carbocycles. The van der Waals surface area contributed by atoms with Gasteiger partial charge in [0, 0.05) is 19.1 Å². The number of carbonyl (C=O) groups excluding carboxylic acids is 1. The van der Waals surface area contributed by atoms with Crippen molar-refractivity contribution >= 4 is 5.91 Å². The smallest absolute Gasteiger partial charge is 0.243 e. The van der Waals surface area contributed by atoms with Gasteiger partial charge in [-0.3, -0.25) is 9.69 Å². The summed E-state index contributed by atoms with van der Waals surface area (Å²) in [7, 11) is 0. The summed E-state index contributed by atoms with van der Waals surface area (Å²) in [6.45, 7) is 8.38. The van der Waals surface area contributed by atoms with Crippen molar-refractivity contribution in [2.75, 3.05) is 13.1 Å². The van der Waals surface area contributed by atoms with Crippen molar-refractivity contribution in [2.45, 2.75) is 32.4 Å². The van der Waals surface area contributed by atoms with Crippen LogP contribution >= 0.6 is 0 Å². The average molecular weight is 258 g/mol. The molecule has 1 atom stereocenters. The Kier molecular flexibility index (Phi) is 4.74. The summed E-state index contributed by atoms with van der Waals surface area (Å²) in [4.78, 5) is 13.7. The van der Waals surface area contributed by atoms with E-state index in [2.05, 4.69) is 48.0 Å². The van der Waals surface area contributed by atoms with E-state index in [1.165, 1.54) is 23.6 Å². The molecule has 2 rings (SSSR count). The van der Waals surface area contributed by atoms with E-state index in [0.29, 0.717) is 6.04 Å². The number of nitrogens with zero attached hydrogens (tertiary/aromatic N) is 1. The zero-order valence-electron chi connectivity index (χ0n) is 11.6. The van der Waals surface area contributed by atoms with Crippen molar-refractivity contribution in [1.29, 1.82) is 0 Å². The third-order valence-corrected chi connectivity index (χ3v) is 3.70. The lowest BCUT2D eigenvalue weighted by Crippen LogP contribution is -2.39. The Bertz CT molecular complexity index is 439. The largest absolute Gasteiger partial charge is 0.351 e. The fraction of sp³-hybridized carbons (Fsp3) is 0.438. The maximum atomic E-state index is 11.2. The Morgan fingerprint density at radius 1 is 1.47 bits per heavy atom. The van der Waals surface area contributed by atoms with Crippen molar-refractivity contribution in [3.63, 3.8) is 0 Å². The van der Waals surface area contributed by atoms with Crippen LogP contribution in [0.1, 0.15) is 24.0 Å². The van der Waals surface area contributed by atoms with Crippen molar-refractivity contribution in [1.82, 2.24) is 10.2 Å². The SMILES string of the molecule is C=CC(=O)NCC1CCCN1Cc1ccc(C)cc1. The van der Waals surface area contributed by atoms with Crippen molar-refractivity contribution in [2.24, 2.45) is 0 Å². The van der Waals surface area contributed by atoms with Gasteiger partial charge < -0.3 is 5.32 Å². The number of likely N-dealkylation sites (tertiary alicyclic amines) is 1. The van der Waals surface area contributed by atoms with Crippen molar-refractivity contribution < 1.29 is 4.79 Å². The number of rotatable bonds is 5. The van der Waals surface area contributed by atoms with Gasteiger partial charge in [-0.05, 0) is 37.9 Å². The van der Waals surface area contributed by atoms with Gasteiger partial charge in [0.1, 0.15) is 0 Å². The summed E-state index contributed by atoms with van der Waals surface area (Å²) in [6.07, 6.45) is 3.70. The van der Waals surface area contributed by atoms with E-state index in [1.807, 2.05) is 0 Å². The van der Waals surface area contributed by atoms with Crippen LogP contribution in [0.2, 0.25) is 0 Å². The molecule has 1 saturated heterocycles. The summed E-state index contributed by atoms with van der Waals surface area (Å²) in [5.74, 6) is -0.0813. The molecule has 102 valence electrons. The molecule has 1 N–H and O–H groups in total. The Labute approximate surface area is 115 Å². The highest BCUT2D eigenvalue weighted by molar-refractivity contribution is 5.86. The Hall–Kier alpha value is -1.61. The van der Waals surface area contributed by atoms with Crippen LogP contribution in [0.15, 0.2) is 36.9 Å². The number of hydrogen-bond acceptors (Lipinski definition) is 2. The Morgan fingerprint density at radius 2 is 2.21 bits per heavy atom. The van der Waals surface area contributed by atoms with Crippen molar-refractivity contribution in [3.05, 3.63) is 48.0 Å². The highest BCUT2D eigenvalue weighted by Crippen LogP contribution is 2.19. The van der Waals surface area contributed by atoms with Gasteiger partial charge in [0.15, 0.2) is 0 Å². The molecule has 0 bridgehead atoms. The first-order valence-corrected chi connectivity index (χ1v) is 6.89. The lowest BCUT2D eigenvalue weighted by Gasteiger charge is -2.24. The molecule has 1 amide bonds. The average Bonchev–Trinajstić information content (AvgIpc) is 2.86. The van der Waals surface area contributed by atoms with Crippen molar-refractivity contribution in [3.8, 4) is 0 Å². The van der Waals surface area contributed by atoms with Crippen LogP contribution < -0.4 is 5.32 Å². The molecule has 1 aromatic carbocycles. The van der Waals surface area contributed by atoms with E-state index >= 15 is 0 Å². The first kappa shape index (κ1) is 13.8. The van der Waals surface area contributed by atoms with E-state index in [4.69, 9.17) is 0 Å². The van der Waals surface area contributed by atoms with Crippen LogP contribution in [-0.4, -0.2) is 29.9 Å². The van der Waals surface area contributed by atoms with Crippen LogP contribution in [-0.2, 0) is 11.3 Å². The summed E-state index contributed by atoms with van der Waals surface area (Å²) in [5.41, 5.74) is 2.63. The summed E-state index contributed by atoms with van der Waals surface area (Å²) < 4.78 is 0. The molecular weight excluding hydrogens is 236 g/mol. The first-order chi connectivity index (χ1) is 9.19. The number of amides is 1. The second kappa shape index (κ2) is 6.53. The topological polar surface area (TPSA) is 32.3 Å². The predicted octanol–water partition coefficient (Wildman–Crippen LogP) is 2.26. The van der Waals surface area contributed by atoms with Crippen LogP contribution in [0.25, 0.3) is 0 Å². The summed E-state index contributed by atoms with van der Waals surface area (Å²) in [6, 6.07) is 9.13. The number of carbonyl (C=O) groups is 1. The molecule has 1 fully saturated rings. The van der Waals surface area contributed by atoms with Gasteiger partial charge in [-0.15, -0.1) is 0 Å². The highest BCUT2D eigenvalue weighted by Gasteiger charge is 2.24. The maximum absolute atomic E-state index is 11.2. The molecule has 1 aromatic rings. The van der Waals surface area contributed by atoms with Gasteiger partial charge in [0.2, 0.25) is 5.91 Å². The maximum Gasteiger partial charge on any atom is 0.243 e. The lowest BCUT2D eigenvalue weighted by atomic mass is 10.1. The van der Waals surface area contributed by atoms with E-state index in [9.17, 15) is 4.79 Å². The van der Waals surface area contributed by atoms with Crippen LogP contribution in [0.4, 0.5) is 0 Å². The highest BCUT2D eigenvalue weighted by atomic mass is 16.1. The molecule has 0 spiro atoms. The number of aryl methyl sites for hydroxylation is 1. The summed E-state index contributed by atoms with van der Waals surface area (Å²) >= 11 is 0. The minimum atomic E-state index is -0.0813. The van der Waals surface area contributed by atoms with Gasteiger partial charge in [-0.2, -0.15) is 0 Å². The lowest BCUT2D eigenvalue weighted by molar-refractivity contribution is -0.116. The van der Waals surface area contributed by atoms with E-state index in [1.54, 1.807) is 0 Å². The normalized spacial score (nSPS) is 19.3. The zero-order valence-corrected chi connectivity index (χ0v) is 11.6. The third-order valence-electron chi connectivity index (χ3n) is 3.70. The van der Waals surface area contributed by atoms with Crippen LogP contribution in [0, 0.1) is 6.92 Å².